The highest BCUT2D eigenvalue weighted by Gasteiger charge is 2.26. The van der Waals surface area contributed by atoms with E-state index in [0.717, 1.165) is 30.8 Å². The number of nitrogens with zero attached hydrogens (tertiary/aromatic N) is 3. The minimum absolute atomic E-state index is 0.105. The minimum atomic E-state index is 0.105. The van der Waals surface area contributed by atoms with Crippen LogP contribution in [0.2, 0.25) is 0 Å². The highest BCUT2D eigenvalue weighted by atomic mass is 16.5. The van der Waals surface area contributed by atoms with Crippen molar-refractivity contribution in [2.45, 2.75) is 19.9 Å². The van der Waals surface area contributed by atoms with Gasteiger partial charge in [0.1, 0.15) is 0 Å². The molecule has 2 heterocycles. The summed E-state index contributed by atoms with van der Waals surface area (Å²) in [6, 6.07) is 3.98. The van der Waals surface area contributed by atoms with Gasteiger partial charge in [0.15, 0.2) is 11.5 Å². The molecule has 0 aromatic heterocycles. The zero-order valence-electron chi connectivity index (χ0n) is 15.8. The van der Waals surface area contributed by atoms with Gasteiger partial charge in [-0.15, -0.1) is 0 Å². The molecule has 0 bridgehead atoms. The monoisotopic (exact) mass is 361 g/mol. The van der Waals surface area contributed by atoms with Crippen molar-refractivity contribution in [2.75, 3.05) is 53.5 Å². The van der Waals surface area contributed by atoms with Gasteiger partial charge in [0.05, 0.1) is 20.8 Å². The van der Waals surface area contributed by atoms with Crippen LogP contribution in [-0.2, 0) is 22.6 Å². The van der Waals surface area contributed by atoms with Gasteiger partial charge in [-0.05, 0) is 29.7 Å². The first-order valence-electron chi connectivity index (χ1n) is 9.01. The largest absolute Gasteiger partial charge is 0.493 e. The molecule has 2 aliphatic heterocycles. The van der Waals surface area contributed by atoms with Crippen LogP contribution in [0.15, 0.2) is 12.1 Å². The lowest BCUT2D eigenvalue weighted by Gasteiger charge is -2.36. The van der Waals surface area contributed by atoms with Crippen molar-refractivity contribution in [3.8, 4) is 11.5 Å². The van der Waals surface area contributed by atoms with Crippen LogP contribution in [0.25, 0.3) is 0 Å². The van der Waals surface area contributed by atoms with E-state index in [2.05, 4.69) is 4.90 Å². The van der Waals surface area contributed by atoms with E-state index in [1.807, 2.05) is 21.9 Å². The number of carbonyl (C=O) groups excluding carboxylic acids is 2. The van der Waals surface area contributed by atoms with E-state index in [4.69, 9.17) is 9.47 Å². The first-order valence-corrected chi connectivity index (χ1v) is 9.01. The SMILES string of the molecule is COc1cc2c(cc1OC)CN(C(=O)CN1CCN(C(C)=O)CC1)CC2. The van der Waals surface area contributed by atoms with Crippen LogP contribution < -0.4 is 9.47 Å². The van der Waals surface area contributed by atoms with Gasteiger partial charge in [-0.25, -0.2) is 0 Å². The molecule has 0 N–H and O–H groups in total. The third-order valence-corrected chi connectivity index (χ3v) is 5.25. The van der Waals surface area contributed by atoms with E-state index >= 15 is 0 Å². The third-order valence-electron chi connectivity index (χ3n) is 5.25. The molecule has 2 amide bonds. The van der Waals surface area contributed by atoms with Gasteiger partial charge in [0.2, 0.25) is 11.8 Å². The summed E-state index contributed by atoms with van der Waals surface area (Å²) in [6.45, 7) is 6.21. The third kappa shape index (κ3) is 3.93. The van der Waals surface area contributed by atoms with E-state index in [9.17, 15) is 9.59 Å². The number of amides is 2. The summed E-state index contributed by atoms with van der Waals surface area (Å²) in [5, 5.41) is 0. The van der Waals surface area contributed by atoms with Gasteiger partial charge >= 0.3 is 0 Å². The molecule has 0 atom stereocenters. The van der Waals surface area contributed by atoms with Gasteiger partial charge < -0.3 is 19.3 Å². The smallest absolute Gasteiger partial charge is 0.237 e. The maximum Gasteiger partial charge on any atom is 0.237 e. The molecule has 0 aliphatic carbocycles. The molecule has 1 aromatic carbocycles. The second-order valence-corrected chi connectivity index (χ2v) is 6.82. The number of piperazine rings is 1. The fourth-order valence-corrected chi connectivity index (χ4v) is 3.61. The summed E-state index contributed by atoms with van der Waals surface area (Å²) < 4.78 is 10.7. The second-order valence-electron chi connectivity index (χ2n) is 6.82. The summed E-state index contributed by atoms with van der Waals surface area (Å²) in [6.07, 6.45) is 0.819. The predicted molar refractivity (Wildman–Crippen MR) is 97.4 cm³/mol. The maximum absolute atomic E-state index is 12.7. The van der Waals surface area contributed by atoms with Gasteiger partial charge in [0.25, 0.3) is 0 Å². The van der Waals surface area contributed by atoms with Crippen molar-refractivity contribution in [1.29, 1.82) is 0 Å². The van der Waals surface area contributed by atoms with Crippen LogP contribution in [0.5, 0.6) is 11.5 Å². The highest BCUT2D eigenvalue weighted by molar-refractivity contribution is 5.79. The Bertz CT molecular complexity index is 684. The van der Waals surface area contributed by atoms with Crippen molar-refractivity contribution in [3.05, 3.63) is 23.3 Å². The van der Waals surface area contributed by atoms with Crippen LogP contribution in [-0.4, -0.2) is 80.0 Å². The average molecular weight is 361 g/mol. The molecule has 7 heteroatoms. The van der Waals surface area contributed by atoms with E-state index in [1.54, 1.807) is 21.1 Å². The van der Waals surface area contributed by atoms with Crippen molar-refractivity contribution < 1.29 is 19.1 Å². The van der Waals surface area contributed by atoms with Gasteiger partial charge in [-0.1, -0.05) is 0 Å². The Morgan fingerprint density at radius 1 is 0.923 bits per heavy atom. The molecule has 0 saturated carbocycles. The Labute approximate surface area is 154 Å². The molecule has 0 radical (unpaired) electrons. The minimum Gasteiger partial charge on any atom is -0.493 e. The van der Waals surface area contributed by atoms with Crippen molar-refractivity contribution in [2.24, 2.45) is 0 Å². The number of ether oxygens (including phenoxy) is 2. The molecule has 7 nitrogen and oxygen atoms in total. The van der Waals surface area contributed by atoms with Crippen molar-refractivity contribution in [3.63, 3.8) is 0 Å². The Hall–Kier alpha value is -2.28. The Morgan fingerprint density at radius 2 is 1.54 bits per heavy atom. The van der Waals surface area contributed by atoms with Gasteiger partial charge in [-0.2, -0.15) is 0 Å². The Morgan fingerprint density at radius 3 is 2.12 bits per heavy atom. The maximum atomic E-state index is 12.7. The predicted octanol–water partition coefficient (Wildman–Crippen LogP) is 0.753. The summed E-state index contributed by atoms with van der Waals surface area (Å²) in [5.41, 5.74) is 2.32. The van der Waals surface area contributed by atoms with Crippen LogP contribution in [0.3, 0.4) is 0 Å². The van der Waals surface area contributed by atoms with Gasteiger partial charge in [0, 0.05) is 46.2 Å². The standard InChI is InChI=1S/C19H27N3O4/c1-14(23)21-8-6-20(7-9-21)13-19(24)22-5-4-15-10-17(25-2)18(26-3)11-16(15)12-22/h10-11H,4-9,12-13H2,1-3H3. The Kier molecular flexibility index (Phi) is 5.66. The Balaban J connectivity index is 1.60. The average Bonchev–Trinajstić information content (AvgIpc) is 2.66. The molecule has 26 heavy (non-hydrogen) atoms. The van der Waals surface area contributed by atoms with E-state index in [-0.39, 0.29) is 11.8 Å². The lowest BCUT2D eigenvalue weighted by Crippen LogP contribution is -2.51. The van der Waals surface area contributed by atoms with E-state index in [1.165, 1.54) is 5.56 Å². The molecule has 142 valence electrons. The molecular formula is C19H27N3O4. The van der Waals surface area contributed by atoms with Crippen molar-refractivity contribution >= 4 is 11.8 Å². The van der Waals surface area contributed by atoms with E-state index in [0.29, 0.717) is 38.5 Å². The molecule has 3 rings (SSSR count). The highest BCUT2D eigenvalue weighted by Crippen LogP contribution is 2.33. The molecule has 1 aromatic rings. The summed E-state index contributed by atoms with van der Waals surface area (Å²) >= 11 is 0. The van der Waals surface area contributed by atoms with Crippen LogP contribution in [0, 0.1) is 0 Å². The fraction of sp³-hybridized carbons (Fsp3) is 0.579. The van der Waals surface area contributed by atoms with Crippen LogP contribution in [0.4, 0.5) is 0 Å². The molecule has 1 saturated heterocycles. The first kappa shape index (κ1) is 18.5. The summed E-state index contributed by atoms with van der Waals surface area (Å²) in [5.74, 6) is 1.67. The zero-order valence-corrected chi connectivity index (χ0v) is 15.8. The van der Waals surface area contributed by atoms with Gasteiger partial charge in [-0.3, -0.25) is 14.5 Å². The number of methoxy groups -OCH3 is 2. The molecule has 1 fully saturated rings. The molecule has 0 unspecified atom stereocenters. The van der Waals surface area contributed by atoms with Crippen LogP contribution >= 0.6 is 0 Å². The summed E-state index contributed by atoms with van der Waals surface area (Å²) in [7, 11) is 3.26. The number of carbonyl (C=O) groups is 2. The van der Waals surface area contributed by atoms with Crippen molar-refractivity contribution in [1.82, 2.24) is 14.7 Å². The lowest BCUT2D eigenvalue weighted by molar-refractivity contribution is -0.134. The quantitative estimate of drug-likeness (QED) is 0.792. The molecular weight excluding hydrogens is 334 g/mol. The first-order chi connectivity index (χ1) is 12.5. The number of hydrogen-bond donors (Lipinski definition) is 0. The number of hydrogen-bond acceptors (Lipinski definition) is 5. The molecule has 0 spiro atoms. The van der Waals surface area contributed by atoms with E-state index < -0.39 is 0 Å². The number of fused-ring (bicyclic) bond motifs is 1. The summed E-state index contributed by atoms with van der Waals surface area (Å²) in [4.78, 5) is 30.0. The number of rotatable bonds is 4. The second kappa shape index (κ2) is 7.95. The number of benzene rings is 1. The molecule has 2 aliphatic rings. The zero-order chi connectivity index (χ0) is 18.7. The normalized spacial score (nSPS) is 17.7. The topological polar surface area (TPSA) is 62.3 Å². The lowest BCUT2D eigenvalue weighted by atomic mass is 9.98. The fourth-order valence-electron chi connectivity index (χ4n) is 3.61. The van der Waals surface area contributed by atoms with Crippen LogP contribution in [0.1, 0.15) is 18.1 Å².